The third kappa shape index (κ3) is 3.49. The number of para-hydroxylation sites is 1. The van der Waals surface area contributed by atoms with Crippen molar-refractivity contribution in [3.63, 3.8) is 0 Å². The number of nitrogens with zero attached hydrogens (tertiary/aromatic N) is 4. The molecule has 0 spiro atoms. The van der Waals surface area contributed by atoms with Gasteiger partial charge in [0.15, 0.2) is 0 Å². The lowest BCUT2D eigenvalue weighted by molar-refractivity contribution is -0.121. The fourth-order valence-corrected chi connectivity index (χ4v) is 2.36. The van der Waals surface area contributed by atoms with Gasteiger partial charge < -0.3 is 0 Å². The molecule has 1 aromatic heterocycles. The van der Waals surface area contributed by atoms with Crippen LogP contribution in [-0.2, 0) is 11.3 Å². The second-order valence-electron chi connectivity index (χ2n) is 4.67. The monoisotopic (exact) mass is 347 g/mol. The largest absolute Gasteiger partial charge is 0.271 e. The molecule has 0 unspecified atom stereocenters. The van der Waals surface area contributed by atoms with Crippen molar-refractivity contribution in [3.8, 4) is 0 Å². The second-order valence-corrected chi connectivity index (χ2v) is 5.46. The first kappa shape index (κ1) is 15.5. The fourth-order valence-electron chi connectivity index (χ4n) is 2.00. The third-order valence-corrected chi connectivity index (χ3v) is 3.92. The number of halogens is 2. The van der Waals surface area contributed by atoms with Crippen molar-refractivity contribution < 1.29 is 4.79 Å². The SMILES string of the molecule is O=C(Cn1nnc2ccccc21)N/N=C/c1cccc(Cl)c1Cl. The first-order valence-corrected chi connectivity index (χ1v) is 7.45. The number of hydrogen-bond donors (Lipinski definition) is 1. The van der Waals surface area contributed by atoms with Gasteiger partial charge in [-0.15, -0.1) is 5.10 Å². The molecule has 1 amide bonds. The molecule has 0 saturated heterocycles. The Morgan fingerprint density at radius 2 is 2.04 bits per heavy atom. The van der Waals surface area contributed by atoms with Crippen LogP contribution in [0.15, 0.2) is 47.6 Å². The maximum absolute atomic E-state index is 11.9. The summed E-state index contributed by atoms with van der Waals surface area (Å²) >= 11 is 11.9. The molecule has 1 N–H and O–H groups in total. The normalized spacial score (nSPS) is 11.2. The molecule has 0 aliphatic carbocycles. The molecule has 0 aliphatic heterocycles. The minimum absolute atomic E-state index is 0.0150. The Labute approximate surface area is 141 Å². The van der Waals surface area contributed by atoms with Crippen LogP contribution in [0, 0.1) is 0 Å². The molecule has 0 bridgehead atoms. The van der Waals surface area contributed by atoms with Crippen LogP contribution in [-0.4, -0.2) is 27.1 Å². The van der Waals surface area contributed by atoms with Crippen molar-refractivity contribution in [1.29, 1.82) is 0 Å². The smallest absolute Gasteiger partial charge is 0.261 e. The molecular weight excluding hydrogens is 337 g/mol. The van der Waals surface area contributed by atoms with Crippen LogP contribution >= 0.6 is 23.2 Å². The summed E-state index contributed by atoms with van der Waals surface area (Å²) in [4.78, 5) is 11.9. The van der Waals surface area contributed by atoms with Crippen LogP contribution < -0.4 is 5.43 Å². The van der Waals surface area contributed by atoms with Gasteiger partial charge >= 0.3 is 0 Å². The zero-order chi connectivity index (χ0) is 16.2. The van der Waals surface area contributed by atoms with E-state index in [4.69, 9.17) is 23.2 Å². The highest BCUT2D eigenvalue weighted by Crippen LogP contribution is 2.24. The maximum atomic E-state index is 11.9. The lowest BCUT2D eigenvalue weighted by Gasteiger charge is -2.02. The zero-order valence-corrected chi connectivity index (χ0v) is 13.3. The van der Waals surface area contributed by atoms with E-state index in [-0.39, 0.29) is 12.5 Å². The molecule has 0 radical (unpaired) electrons. The Bertz CT molecular complexity index is 890. The third-order valence-electron chi connectivity index (χ3n) is 3.09. The van der Waals surface area contributed by atoms with Crippen LogP contribution in [0.1, 0.15) is 5.56 Å². The summed E-state index contributed by atoms with van der Waals surface area (Å²) in [6.45, 7) is 0.0150. The number of hydrogen-bond acceptors (Lipinski definition) is 4. The lowest BCUT2D eigenvalue weighted by Crippen LogP contribution is -2.23. The zero-order valence-electron chi connectivity index (χ0n) is 11.8. The van der Waals surface area contributed by atoms with Gasteiger partial charge in [0.2, 0.25) is 0 Å². The van der Waals surface area contributed by atoms with E-state index in [0.29, 0.717) is 15.6 Å². The van der Waals surface area contributed by atoms with Crippen LogP contribution in [0.5, 0.6) is 0 Å². The molecular formula is C15H11Cl2N5O. The lowest BCUT2D eigenvalue weighted by atomic mass is 10.2. The molecule has 0 aliphatic rings. The molecule has 1 heterocycles. The quantitative estimate of drug-likeness (QED) is 0.582. The molecule has 8 heteroatoms. The number of carbonyl (C=O) groups excluding carboxylic acids is 1. The number of fused-ring (bicyclic) bond motifs is 1. The van der Waals surface area contributed by atoms with Crippen molar-refractivity contribution in [2.24, 2.45) is 5.10 Å². The van der Waals surface area contributed by atoms with E-state index in [1.54, 1.807) is 18.2 Å². The Morgan fingerprint density at radius 1 is 1.22 bits per heavy atom. The predicted octanol–water partition coefficient (Wildman–Crippen LogP) is 2.89. The maximum Gasteiger partial charge on any atom is 0.261 e. The first-order valence-electron chi connectivity index (χ1n) is 6.69. The molecule has 2 aromatic carbocycles. The van der Waals surface area contributed by atoms with E-state index < -0.39 is 0 Å². The van der Waals surface area contributed by atoms with Crippen molar-refractivity contribution in [2.75, 3.05) is 0 Å². The summed E-state index contributed by atoms with van der Waals surface area (Å²) in [6.07, 6.45) is 1.44. The van der Waals surface area contributed by atoms with E-state index in [1.807, 2.05) is 24.3 Å². The molecule has 3 rings (SSSR count). The predicted molar refractivity (Wildman–Crippen MR) is 89.7 cm³/mol. The second kappa shape index (κ2) is 6.76. The minimum atomic E-state index is -0.324. The molecule has 23 heavy (non-hydrogen) atoms. The van der Waals surface area contributed by atoms with E-state index in [1.165, 1.54) is 10.9 Å². The summed E-state index contributed by atoms with van der Waals surface area (Å²) in [5.74, 6) is -0.324. The summed E-state index contributed by atoms with van der Waals surface area (Å²) in [5, 5.41) is 12.6. The van der Waals surface area contributed by atoms with E-state index in [2.05, 4.69) is 20.8 Å². The van der Waals surface area contributed by atoms with E-state index >= 15 is 0 Å². The van der Waals surface area contributed by atoms with E-state index in [0.717, 1.165) is 11.0 Å². The first-order chi connectivity index (χ1) is 11.1. The number of aromatic nitrogens is 3. The minimum Gasteiger partial charge on any atom is -0.271 e. The number of benzene rings is 2. The van der Waals surface area contributed by atoms with Crippen LogP contribution in [0.25, 0.3) is 11.0 Å². The Hall–Kier alpha value is -2.44. The van der Waals surface area contributed by atoms with Crippen molar-refractivity contribution in [2.45, 2.75) is 6.54 Å². The van der Waals surface area contributed by atoms with Crippen LogP contribution in [0.3, 0.4) is 0 Å². The van der Waals surface area contributed by atoms with Crippen LogP contribution in [0.2, 0.25) is 10.0 Å². The summed E-state index contributed by atoms with van der Waals surface area (Å²) in [7, 11) is 0. The van der Waals surface area contributed by atoms with Crippen molar-refractivity contribution in [3.05, 3.63) is 58.1 Å². The highest BCUT2D eigenvalue weighted by Gasteiger charge is 2.07. The van der Waals surface area contributed by atoms with Gasteiger partial charge in [-0.3, -0.25) is 4.79 Å². The Morgan fingerprint density at radius 3 is 2.91 bits per heavy atom. The Balaban J connectivity index is 1.66. The number of carbonyl (C=O) groups is 1. The van der Waals surface area contributed by atoms with Gasteiger partial charge in [-0.25, -0.2) is 10.1 Å². The van der Waals surface area contributed by atoms with Crippen molar-refractivity contribution >= 4 is 46.4 Å². The van der Waals surface area contributed by atoms with Gasteiger partial charge in [-0.2, -0.15) is 5.10 Å². The summed E-state index contributed by atoms with van der Waals surface area (Å²) in [6, 6.07) is 12.6. The number of amides is 1. The highest BCUT2D eigenvalue weighted by atomic mass is 35.5. The summed E-state index contributed by atoms with van der Waals surface area (Å²) < 4.78 is 1.51. The van der Waals surface area contributed by atoms with Gasteiger partial charge in [0, 0.05) is 5.56 Å². The average Bonchev–Trinajstić information content (AvgIpc) is 2.95. The van der Waals surface area contributed by atoms with E-state index in [9.17, 15) is 4.79 Å². The fraction of sp³-hybridized carbons (Fsp3) is 0.0667. The van der Waals surface area contributed by atoms with Gasteiger partial charge in [-0.1, -0.05) is 52.7 Å². The molecule has 0 fully saturated rings. The van der Waals surface area contributed by atoms with Crippen LogP contribution in [0.4, 0.5) is 0 Å². The molecule has 6 nitrogen and oxygen atoms in total. The van der Waals surface area contributed by atoms with Crippen molar-refractivity contribution in [1.82, 2.24) is 20.4 Å². The average molecular weight is 348 g/mol. The highest BCUT2D eigenvalue weighted by molar-refractivity contribution is 6.43. The standard InChI is InChI=1S/C15H11Cl2N5O/c16-11-5-3-4-10(15(11)17)8-18-20-14(23)9-22-13-7-2-1-6-12(13)19-21-22/h1-8H,9H2,(H,20,23)/b18-8+. The molecule has 116 valence electrons. The van der Waals surface area contributed by atoms with Gasteiger partial charge in [0.25, 0.3) is 5.91 Å². The molecule has 0 saturated carbocycles. The number of rotatable bonds is 4. The topological polar surface area (TPSA) is 72.2 Å². The van der Waals surface area contributed by atoms with Gasteiger partial charge in [0.1, 0.15) is 12.1 Å². The number of nitrogens with one attached hydrogen (secondary N) is 1. The summed E-state index contributed by atoms with van der Waals surface area (Å²) in [5.41, 5.74) is 4.55. The molecule has 0 atom stereocenters. The molecule has 3 aromatic rings. The van der Waals surface area contributed by atoms with Gasteiger partial charge in [-0.05, 0) is 18.2 Å². The Kier molecular flexibility index (Phi) is 4.55. The number of hydrazone groups is 1. The van der Waals surface area contributed by atoms with Gasteiger partial charge in [0.05, 0.1) is 21.8 Å².